The Hall–Kier alpha value is -1.46. The molecule has 0 N–H and O–H groups in total. The first kappa shape index (κ1) is 9.63. The molecule has 66 valence electrons. The summed E-state index contributed by atoms with van der Waals surface area (Å²) in [5, 5.41) is 0. The Kier molecular flexibility index (Phi) is 3.36. The minimum absolute atomic E-state index is 0.174. The molecular weight excluding hydrogens is 188 g/mol. The lowest BCUT2D eigenvalue weighted by molar-refractivity contribution is 0.167. The number of hydrogen-bond acceptors (Lipinski definition) is 2. The lowest BCUT2D eigenvalue weighted by atomic mass is 10.1. The zero-order valence-electron chi connectivity index (χ0n) is 6.79. The van der Waals surface area contributed by atoms with Crippen molar-refractivity contribution >= 4 is 17.0 Å². The highest BCUT2D eigenvalue weighted by Gasteiger charge is 1.97. The van der Waals surface area contributed by atoms with Gasteiger partial charge in [-0.2, -0.15) is 0 Å². The molecule has 0 aromatic heterocycles. The summed E-state index contributed by atoms with van der Waals surface area (Å²) >= 11 is 4.99. The molecule has 0 amide bonds. The highest BCUT2D eigenvalue weighted by molar-refractivity contribution is 6.61. The largest absolute Gasteiger partial charge is 0.449 e. The van der Waals surface area contributed by atoms with Gasteiger partial charge >= 0.3 is 5.43 Å². The molecule has 0 saturated carbocycles. The lowest BCUT2D eigenvalue weighted by Crippen LogP contribution is -1.94. The van der Waals surface area contributed by atoms with E-state index in [2.05, 4.69) is 10.7 Å². The van der Waals surface area contributed by atoms with E-state index in [0.29, 0.717) is 0 Å². The summed E-state index contributed by atoms with van der Waals surface area (Å²) in [6.45, 7) is 0.174. The van der Waals surface area contributed by atoms with Crippen LogP contribution < -0.4 is 0 Å². The van der Waals surface area contributed by atoms with Crippen LogP contribution in [0.2, 0.25) is 0 Å². The molecule has 0 fully saturated rings. The average molecular weight is 195 g/mol. The first-order valence-electron chi connectivity index (χ1n) is 3.60. The number of benzene rings is 1. The quantitative estimate of drug-likeness (QED) is 0.534. The fraction of sp³-hybridized carbons (Fsp3) is 0.100. The van der Waals surface area contributed by atoms with Gasteiger partial charge in [-0.3, -0.25) is 0 Å². The van der Waals surface area contributed by atoms with Crippen molar-refractivity contribution in [3.05, 3.63) is 35.4 Å². The highest BCUT2D eigenvalue weighted by atomic mass is 35.5. The Labute approximate surface area is 81.5 Å². The van der Waals surface area contributed by atoms with Gasteiger partial charge in [0, 0.05) is 17.2 Å². The second-order valence-corrected chi connectivity index (χ2v) is 2.68. The highest BCUT2D eigenvalue weighted by Crippen LogP contribution is 2.05. The van der Waals surface area contributed by atoms with E-state index in [1.54, 1.807) is 24.3 Å². The molecule has 0 spiro atoms. The Morgan fingerprint density at radius 2 is 2.08 bits per heavy atom. The van der Waals surface area contributed by atoms with E-state index in [1.165, 1.54) is 0 Å². The smallest absolute Gasteiger partial charge is 0.404 e. The van der Waals surface area contributed by atoms with E-state index < -0.39 is 5.43 Å². The fourth-order valence-corrected chi connectivity index (χ4v) is 0.892. The normalized spacial score (nSPS) is 8.92. The second-order valence-electron chi connectivity index (χ2n) is 2.37. The zero-order chi connectivity index (χ0) is 9.68. The molecule has 13 heavy (non-hydrogen) atoms. The molecule has 1 aromatic rings. The maximum Gasteiger partial charge on any atom is 0.404 e. The van der Waals surface area contributed by atoms with E-state index in [1.807, 2.05) is 0 Å². The molecule has 0 heterocycles. The molecule has 0 aliphatic rings. The summed E-state index contributed by atoms with van der Waals surface area (Å²) in [5.74, 6) is 2.49. The summed E-state index contributed by atoms with van der Waals surface area (Å²) in [5.41, 5.74) is 0.843. The van der Waals surface area contributed by atoms with Crippen LogP contribution in [-0.2, 0) is 11.3 Å². The molecule has 0 aliphatic carbocycles. The van der Waals surface area contributed by atoms with Crippen LogP contribution in [0.1, 0.15) is 11.1 Å². The molecule has 1 aromatic carbocycles. The molecule has 0 radical (unpaired) electrons. The van der Waals surface area contributed by atoms with Gasteiger partial charge in [-0.1, -0.05) is 18.1 Å². The van der Waals surface area contributed by atoms with Crippen LogP contribution in [0, 0.1) is 12.3 Å². The zero-order valence-corrected chi connectivity index (χ0v) is 7.54. The van der Waals surface area contributed by atoms with Crippen molar-refractivity contribution in [2.75, 3.05) is 0 Å². The topological polar surface area (TPSA) is 26.3 Å². The van der Waals surface area contributed by atoms with Crippen molar-refractivity contribution in [1.29, 1.82) is 0 Å². The summed E-state index contributed by atoms with van der Waals surface area (Å²) in [7, 11) is 0. The molecule has 0 saturated heterocycles. The summed E-state index contributed by atoms with van der Waals surface area (Å²) in [6.07, 6.45) is 5.17. The van der Waals surface area contributed by atoms with Gasteiger partial charge in [-0.25, -0.2) is 4.79 Å². The number of hydrogen-bond donors (Lipinski definition) is 0. The third kappa shape index (κ3) is 3.18. The first-order chi connectivity index (χ1) is 6.22. The van der Waals surface area contributed by atoms with Gasteiger partial charge in [-0.05, 0) is 17.7 Å². The molecule has 0 aliphatic heterocycles. The van der Waals surface area contributed by atoms with Gasteiger partial charge < -0.3 is 4.74 Å². The summed E-state index contributed by atoms with van der Waals surface area (Å²) in [6, 6.07) is 7.12. The molecule has 1 rings (SSSR count). The van der Waals surface area contributed by atoms with Gasteiger partial charge in [0.05, 0.1) is 0 Å². The van der Waals surface area contributed by atoms with Crippen LogP contribution in [-0.4, -0.2) is 5.43 Å². The minimum atomic E-state index is -0.805. The molecule has 0 atom stereocenters. The van der Waals surface area contributed by atoms with Crippen LogP contribution in [0.25, 0.3) is 0 Å². The third-order valence-electron chi connectivity index (χ3n) is 1.47. The van der Waals surface area contributed by atoms with Crippen LogP contribution >= 0.6 is 11.6 Å². The van der Waals surface area contributed by atoms with Gasteiger partial charge in [0.25, 0.3) is 0 Å². The van der Waals surface area contributed by atoms with Crippen molar-refractivity contribution in [1.82, 2.24) is 0 Å². The molecule has 3 heteroatoms. The Bertz CT molecular complexity index is 335. The second kappa shape index (κ2) is 4.54. The number of halogens is 1. The van der Waals surface area contributed by atoms with Gasteiger partial charge in [0.2, 0.25) is 0 Å². The summed E-state index contributed by atoms with van der Waals surface area (Å²) in [4.78, 5) is 10.3. The molecule has 0 unspecified atom stereocenters. The Balaban J connectivity index is 2.60. The Morgan fingerprint density at radius 3 is 2.54 bits per heavy atom. The van der Waals surface area contributed by atoms with Crippen LogP contribution in [0.3, 0.4) is 0 Å². The fourth-order valence-electron chi connectivity index (χ4n) is 0.837. The van der Waals surface area contributed by atoms with Crippen molar-refractivity contribution in [3.63, 3.8) is 0 Å². The van der Waals surface area contributed by atoms with Crippen LogP contribution in [0.4, 0.5) is 4.79 Å². The van der Waals surface area contributed by atoms with Gasteiger partial charge in [-0.15, -0.1) is 6.42 Å². The van der Waals surface area contributed by atoms with Crippen molar-refractivity contribution < 1.29 is 9.53 Å². The van der Waals surface area contributed by atoms with E-state index in [0.717, 1.165) is 11.1 Å². The van der Waals surface area contributed by atoms with Gasteiger partial charge in [0.15, 0.2) is 0 Å². The first-order valence-corrected chi connectivity index (χ1v) is 3.98. The maximum absolute atomic E-state index is 10.3. The Morgan fingerprint density at radius 1 is 1.46 bits per heavy atom. The van der Waals surface area contributed by atoms with Crippen molar-refractivity contribution in [2.24, 2.45) is 0 Å². The van der Waals surface area contributed by atoms with E-state index in [-0.39, 0.29) is 6.61 Å². The van der Waals surface area contributed by atoms with Crippen molar-refractivity contribution in [2.45, 2.75) is 6.61 Å². The number of ether oxygens (including phenoxy) is 1. The third-order valence-corrected chi connectivity index (χ3v) is 1.58. The van der Waals surface area contributed by atoms with Crippen LogP contribution in [0.15, 0.2) is 24.3 Å². The van der Waals surface area contributed by atoms with Crippen molar-refractivity contribution in [3.8, 4) is 12.3 Å². The molecule has 2 nitrogen and oxygen atoms in total. The van der Waals surface area contributed by atoms with E-state index >= 15 is 0 Å². The average Bonchev–Trinajstić information content (AvgIpc) is 2.15. The van der Waals surface area contributed by atoms with E-state index in [9.17, 15) is 4.79 Å². The van der Waals surface area contributed by atoms with E-state index in [4.69, 9.17) is 18.0 Å². The number of terminal acetylenes is 1. The summed E-state index contributed by atoms with van der Waals surface area (Å²) < 4.78 is 4.58. The predicted octanol–water partition coefficient (Wildman–Crippen LogP) is 2.54. The SMILES string of the molecule is C#Cc1ccc(COC(=O)Cl)cc1. The predicted molar refractivity (Wildman–Crippen MR) is 50.4 cm³/mol. The lowest BCUT2D eigenvalue weighted by Gasteiger charge is -2.00. The minimum Gasteiger partial charge on any atom is -0.449 e. The maximum atomic E-state index is 10.3. The van der Waals surface area contributed by atoms with Gasteiger partial charge in [0.1, 0.15) is 6.61 Å². The monoisotopic (exact) mass is 194 g/mol. The number of carbonyl (C=O) groups is 1. The van der Waals surface area contributed by atoms with Crippen LogP contribution in [0.5, 0.6) is 0 Å². The molecule has 0 bridgehead atoms. The number of rotatable bonds is 2. The standard InChI is InChI=1S/C10H7ClO2/c1-2-8-3-5-9(6-4-8)7-13-10(11)12/h1,3-6H,7H2. The molecular formula is C10H7ClO2. The number of carbonyl (C=O) groups excluding carboxylic acids is 1.